The summed E-state index contributed by atoms with van der Waals surface area (Å²) in [6.45, 7) is 1.92. The van der Waals surface area contributed by atoms with Crippen LogP contribution in [0.4, 0.5) is 11.4 Å². The van der Waals surface area contributed by atoms with Gasteiger partial charge in [0.05, 0.1) is 33.1 Å². The molecule has 2 amide bonds. The Kier molecular flexibility index (Phi) is 5.24. The van der Waals surface area contributed by atoms with Crippen molar-refractivity contribution in [2.24, 2.45) is 0 Å². The number of furan rings is 1. The van der Waals surface area contributed by atoms with Crippen molar-refractivity contribution >= 4 is 40.5 Å². The van der Waals surface area contributed by atoms with Gasteiger partial charge >= 0.3 is 0 Å². The van der Waals surface area contributed by atoms with Crippen LogP contribution in [0.1, 0.15) is 16.9 Å². The molecule has 0 spiro atoms. The number of hydrogen-bond donors (Lipinski definition) is 0. The van der Waals surface area contributed by atoms with Crippen LogP contribution in [0, 0.1) is 17.0 Å². The topological polar surface area (TPSA) is 93.7 Å². The molecule has 0 unspecified atom stereocenters. The van der Waals surface area contributed by atoms with Crippen LogP contribution < -0.4 is 4.90 Å². The van der Waals surface area contributed by atoms with Gasteiger partial charge in [-0.25, -0.2) is 4.90 Å². The molecular formula is C22H16N2O5S. The Balaban J connectivity index is 1.74. The van der Waals surface area contributed by atoms with Gasteiger partial charge in [-0.1, -0.05) is 17.7 Å². The fourth-order valence-corrected chi connectivity index (χ4v) is 4.13. The largest absolute Gasteiger partial charge is 0.468 e. The molecule has 4 rings (SSSR count). The number of imide groups is 1. The second-order valence-corrected chi connectivity index (χ2v) is 7.64. The fraction of sp³-hybridized carbons (Fsp3) is 0.0909. The van der Waals surface area contributed by atoms with E-state index < -0.39 is 16.7 Å². The number of amides is 2. The zero-order valence-electron chi connectivity index (χ0n) is 15.9. The number of aryl methyl sites for hydroxylation is 1. The molecule has 8 heteroatoms. The van der Waals surface area contributed by atoms with E-state index in [1.165, 1.54) is 36.0 Å². The van der Waals surface area contributed by atoms with Crippen LogP contribution in [-0.4, -0.2) is 16.7 Å². The third-order valence-electron chi connectivity index (χ3n) is 4.64. The lowest BCUT2D eigenvalue weighted by Gasteiger charge is -2.15. The molecule has 0 bridgehead atoms. The van der Waals surface area contributed by atoms with E-state index in [0.717, 1.165) is 10.5 Å². The van der Waals surface area contributed by atoms with Gasteiger partial charge in [0.15, 0.2) is 0 Å². The maximum atomic E-state index is 13.3. The Morgan fingerprint density at radius 2 is 1.70 bits per heavy atom. The molecule has 1 aliphatic heterocycles. The summed E-state index contributed by atoms with van der Waals surface area (Å²) in [5.74, 6) is 0.164. The second-order valence-electron chi connectivity index (χ2n) is 6.66. The van der Waals surface area contributed by atoms with Crippen molar-refractivity contribution in [3.05, 3.63) is 98.8 Å². The average molecular weight is 420 g/mol. The van der Waals surface area contributed by atoms with Crippen molar-refractivity contribution in [1.82, 2.24) is 0 Å². The number of anilines is 1. The number of rotatable bonds is 6. The van der Waals surface area contributed by atoms with Crippen LogP contribution in [-0.2, 0) is 15.3 Å². The van der Waals surface area contributed by atoms with Crippen molar-refractivity contribution in [2.45, 2.75) is 12.7 Å². The van der Waals surface area contributed by atoms with Crippen LogP contribution in [0.5, 0.6) is 0 Å². The Morgan fingerprint density at radius 1 is 1.00 bits per heavy atom. The predicted octanol–water partition coefficient (Wildman–Crippen LogP) is 4.71. The summed E-state index contributed by atoms with van der Waals surface area (Å²) in [6, 6.07) is 16.3. The summed E-state index contributed by atoms with van der Waals surface area (Å²) in [4.78, 5) is 38.4. The number of nitro groups is 1. The van der Waals surface area contributed by atoms with Gasteiger partial charge in [-0.3, -0.25) is 19.7 Å². The average Bonchev–Trinajstić information content (AvgIpc) is 3.34. The Labute approximate surface area is 176 Å². The maximum Gasteiger partial charge on any atom is 0.272 e. The summed E-state index contributed by atoms with van der Waals surface area (Å²) in [6.07, 6.45) is 1.54. The highest BCUT2D eigenvalue weighted by Gasteiger charge is 2.40. The summed E-state index contributed by atoms with van der Waals surface area (Å²) >= 11 is 1.21. The predicted molar refractivity (Wildman–Crippen MR) is 114 cm³/mol. The number of carbonyl (C=O) groups is 2. The van der Waals surface area contributed by atoms with E-state index in [9.17, 15) is 19.7 Å². The number of carbonyl (C=O) groups excluding carboxylic acids is 2. The van der Waals surface area contributed by atoms with E-state index in [4.69, 9.17) is 4.42 Å². The van der Waals surface area contributed by atoms with Gasteiger partial charge in [0.2, 0.25) is 0 Å². The normalized spacial score (nSPS) is 14.0. The number of benzene rings is 2. The first-order chi connectivity index (χ1) is 14.5. The van der Waals surface area contributed by atoms with Crippen molar-refractivity contribution in [2.75, 3.05) is 4.90 Å². The Morgan fingerprint density at radius 3 is 2.30 bits per heavy atom. The summed E-state index contributed by atoms with van der Waals surface area (Å²) in [7, 11) is 0. The number of nitro benzene ring substituents is 1. The smallest absolute Gasteiger partial charge is 0.272 e. The van der Waals surface area contributed by atoms with Gasteiger partial charge in [0.1, 0.15) is 5.76 Å². The SMILES string of the molecule is Cc1ccc(N2C(=O)C(SCc3ccco3)=C(c3ccc([N+](=O)[O-])cc3)C2=O)cc1. The molecule has 3 aromatic rings. The zero-order chi connectivity index (χ0) is 21.3. The van der Waals surface area contributed by atoms with Crippen molar-refractivity contribution in [3.8, 4) is 0 Å². The number of nitrogens with zero attached hydrogens (tertiary/aromatic N) is 2. The van der Waals surface area contributed by atoms with Gasteiger partial charge < -0.3 is 4.42 Å². The van der Waals surface area contributed by atoms with Gasteiger partial charge in [0, 0.05) is 12.1 Å². The molecule has 1 aromatic heterocycles. The van der Waals surface area contributed by atoms with Crippen molar-refractivity contribution < 1.29 is 18.9 Å². The number of non-ortho nitro benzene ring substituents is 1. The summed E-state index contributed by atoms with van der Waals surface area (Å²) < 4.78 is 5.33. The molecule has 0 fully saturated rings. The van der Waals surface area contributed by atoms with E-state index in [1.54, 1.807) is 30.5 Å². The number of thioether (sulfide) groups is 1. The highest BCUT2D eigenvalue weighted by Crippen LogP contribution is 2.40. The first-order valence-electron chi connectivity index (χ1n) is 9.05. The van der Waals surface area contributed by atoms with Crippen molar-refractivity contribution in [3.63, 3.8) is 0 Å². The molecule has 0 N–H and O–H groups in total. The standard InChI is InChI=1S/C22H16N2O5S/c1-14-4-8-16(9-5-14)23-21(25)19(15-6-10-17(11-7-15)24(27)28)20(22(23)26)30-13-18-3-2-12-29-18/h2-12H,13H2,1H3. The molecule has 150 valence electrons. The quantitative estimate of drug-likeness (QED) is 0.326. The molecule has 0 saturated heterocycles. The molecule has 1 aliphatic rings. The van der Waals surface area contributed by atoms with E-state index in [-0.39, 0.29) is 16.2 Å². The van der Waals surface area contributed by atoms with Crippen LogP contribution in [0.25, 0.3) is 5.57 Å². The Bertz CT molecular complexity index is 1150. The lowest BCUT2D eigenvalue weighted by molar-refractivity contribution is -0.384. The molecule has 30 heavy (non-hydrogen) atoms. The molecule has 2 heterocycles. The van der Waals surface area contributed by atoms with Gasteiger partial charge in [-0.05, 0) is 48.9 Å². The van der Waals surface area contributed by atoms with Crippen molar-refractivity contribution in [1.29, 1.82) is 0 Å². The van der Waals surface area contributed by atoms with Crippen LogP contribution in [0.3, 0.4) is 0 Å². The minimum absolute atomic E-state index is 0.0868. The first kappa shape index (κ1) is 19.7. The second kappa shape index (κ2) is 8.00. The van der Waals surface area contributed by atoms with Crippen LogP contribution in [0.2, 0.25) is 0 Å². The van der Waals surface area contributed by atoms with Gasteiger partial charge in [-0.2, -0.15) is 0 Å². The van der Waals surface area contributed by atoms with Gasteiger partial charge in [0.25, 0.3) is 17.5 Å². The van der Waals surface area contributed by atoms with Gasteiger partial charge in [-0.15, -0.1) is 11.8 Å². The van der Waals surface area contributed by atoms with E-state index in [1.807, 2.05) is 19.1 Å². The first-order valence-corrected chi connectivity index (χ1v) is 10.0. The minimum atomic E-state index is -0.509. The highest BCUT2D eigenvalue weighted by molar-refractivity contribution is 8.03. The third kappa shape index (κ3) is 3.65. The maximum absolute atomic E-state index is 13.3. The molecule has 2 aromatic carbocycles. The molecule has 0 aliphatic carbocycles. The molecule has 0 saturated carbocycles. The third-order valence-corrected chi connectivity index (χ3v) is 5.74. The van der Waals surface area contributed by atoms with E-state index in [0.29, 0.717) is 22.8 Å². The molecular weight excluding hydrogens is 404 g/mol. The lowest BCUT2D eigenvalue weighted by Crippen LogP contribution is -2.31. The summed E-state index contributed by atoms with van der Waals surface area (Å²) in [5.41, 5.74) is 2.08. The van der Waals surface area contributed by atoms with E-state index >= 15 is 0 Å². The minimum Gasteiger partial charge on any atom is -0.468 e. The zero-order valence-corrected chi connectivity index (χ0v) is 16.7. The van der Waals surface area contributed by atoms with E-state index in [2.05, 4.69) is 0 Å². The lowest BCUT2D eigenvalue weighted by atomic mass is 10.1. The molecule has 7 nitrogen and oxygen atoms in total. The summed E-state index contributed by atoms with van der Waals surface area (Å²) in [5, 5.41) is 11.0. The molecule has 0 radical (unpaired) electrons. The van der Waals surface area contributed by atoms with Crippen LogP contribution >= 0.6 is 11.8 Å². The van der Waals surface area contributed by atoms with Crippen LogP contribution in [0.15, 0.2) is 76.2 Å². The molecule has 0 atom stereocenters. The highest BCUT2D eigenvalue weighted by atomic mass is 32.2. The monoisotopic (exact) mass is 420 g/mol. The fourth-order valence-electron chi connectivity index (χ4n) is 3.11. The Hall–Kier alpha value is -3.65. The number of hydrogen-bond acceptors (Lipinski definition) is 6.